The number of likely N-dealkylation sites (N-methyl/N-ethyl adjacent to an activating group) is 1. The van der Waals surface area contributed by atoms with Crippen molar-refractivity contribution in [1.82, 2.24) is 10.2 Å². The van der Waals surface area contributed by atoms with Crippen LogP contribution in [-0.2, 0) is 4.79 Å². The molecule has 0 saturated heterocycles. The summed E-state index contributed by atoms with van der Waals surface area (Å²) in [6.07, 6.45) is 0. The van der Waals surface area contributed by atoms with Crippen molar-refractivity contribution < 1.29 is 4.79 Å². The Bertz CT molecular complexity index is 366. The highest BCUT2D eigenvalue weighted by atomic mass is 35.5. The summed E-state index contributed by atoms with van der Waals surface area (Å²) in [4.78, 5) is 13.0. The maximum absolute atomic E-state index is 11.4. The minimum Gasteiger partial charge on any atom is -0.348 e. The molecule has 0 bridgehead atoms. The lowest BCUT2D eigenvalue weighted by molar-refractivity contribution is -0.127. The summed E-state index contributed by atoms with van der Waals surface area (Å²) in [7, 11) is 3.48. The third-order valence-electron chi connectivity index (χ3n) is 2.43. The van der Waals surface area contributed by atoms with Crippen LogP contribution < -0.4 is 5.32 Å². The van der Waals surface area contributed by atoms with Crippen molar-refractivity contribution in [3.63, 3.8) is 0 Å². The second-order valence-electron chi connectivity index (χ2n) is 3.91. The van der Waals surface area contributed by atoms with Crippen molar-refractivity contribution >= 4 is 17.5 Å². The highest BCUT2D eigenvalue weighted by molar-refractivity contribution is 6.31. The van der Waals surface area contributed by atoms with Crippen LogP contribution in [0.15, 0.2) is 24.3 Å². The Balaban J connectivity index is 2.56. The molecule has 0 aliphatic rings. The molecule has 3 nitrogen and oxygen atoms in total. The van der Waals surface area contributed by atoms with Crippen molar-refractivity contribution in [3.05, 3.63) is 34.9 Å². The molecule has 0 aliphatic carbocycles. The maximum atomic E-state index is 11.4. The molecule has 1 amide bonds. The van der Waals surface area contributed by atoms with E-state index in [1.54, 1.807) is 19.0 Å². The molecule has 0 unspecified atom stereocenters. The minimum atomic E-state index is 0.0545. The first-order valence-corrected chi connectivity index (χ1v) is 5.58. The predicted molar refractivity (Wildman–Crippen MR) is 66.6 cm³/mol. The summed E-state index contributed by atoms with van der Waals surface area (Å²) in [6.45, 7) is 2.31. The summed E-state index contributed by atoms with van der Waals surface area (Å²) in [5.41, 5.74) is 1.01. The molecular formula is C12H17ClN2O. The Labute approximate surface area is 101 Å². The van der Waals surface area contributed by atoms with Gasteiger partial charge in [0.1, 0.15) is 0 Å². The topological polar surface area (TPSA) is 32.3 Å². The molecule has 0 aromatic heterocycles. The highest BCUT2D eigenvalue weighted by Crippen LogP contribution is 2.21. The predicted octanol–water partition coefficient (Wildman–Crippen LogP) is 2.08. The Morgan fingerprint density at radius 1 is 1.44 bits per heavy atom. The molecule has 16 heavy (non-hydrogen) atoms. The maximum Gasteiger partial charge on any atom is 0.236 e. The van der Waals surface area contributed by atoms with Crippen molar-refractivity contribution in [3.8, 4) is 0 Å². The molecule has 1 atom stereocenters. The van der Waals surface area contributed by atoms with Gasteiger partial charge in [-0.25, -0.2) is 0 Å². The number of hydrogen-bond acceptors (Lipinski definition) is 2. The molecule has 4 heteroatoms. The molecule has 0 heterocycles. The average molecular weight is 241 g/mol. The third-order valence-corrected chi connectivity index (χ3v) is 2.77. The van der Waals surface area contributed by atoms with E-state index in [4.69, 9.17) is 11.6 Å². The molecule has 1 aromatic rings. The highest BCUT2D eigenvalue weighted by Gasteiger charge is 2.10. The number of hydrogen-bond donors (Lipinski definition) is 1. The molecule has 1 N–H and O–H groups in total. The van der Waals surface area contributed by atoms with Crippen LogP contribution in [0.4, 0.5) is 0 Å². The second kappa shape index (κ2) is 5.87. The van der Waals surface area contributed by atoms with Crippen molar-refractivity contribution in [2.75, 3.05) is 20.6 Å². The SMILES string of the molecule is C[C@@H](NCC(=O)N(C)C)c1ccccc1Cl. The van der Waals surface area contributed by atoms with E-state index >= 15 is 0 Å². The fraction of sp³-hybridized carbons (Fsp3) is 0.417. The Hall–Kier alpha value is -1.06. The van der Waals surface area contributed by atoms with E-state index in [1.807, 2.05) is 31.2 Å². The first kappa shape index (κ1) is 13.0. The third kappa shape index (κ3) is 3.51. The molecule has 0 aliphatic heterocycles. The zero-order chi connectivity index (χ0) is 12.1. The second-order valence-corrected chi connectivity index (χ2v) is 4.32. The number of benzene rings is 1. The van der Waals surface area contributed by atoms with Crippen molar-refractivity contribution in [2.24, 2.45) is 0 Å². The van der Waals surface area contributed by atoms with Gasteiger partial charge >= 0.3 is 0 Å². The quantitative estimate of drug-likeness (QED) is 0.874. The summed E-state index contributed by atoms with van der Waals surface area (Å²) >= 11 is 6.06. The zero-order valence-corrected chi connectivity index (χ0v) is 10.6. The smallest absolute Gasteiger partial charge is 0.236 e. The van der Waals surface area contributed by atoms with Gasteiger partial charge in [-0.1, -0.05) is 29.8 Å². The molecule has 1 rings (SSSR count). The van der Waals surface area contributed by atoms with Crippen LogP contribution in [0.1, 0.15) is 18.5 Å². The number of carbonyl (C=O) groups excluding carboxylic acids is 1. The number of halogens is 1. The summed E-state index contributed by atoms with van der Waals surface area (Å²) in [6, 6.07) is 7.71. The van der Waals surface area contributed by atoms with E-state index in [2.05, 4.69) is 5.32 Å². The molecular weight excluding hydrogens is 224 g/mol. The minimum absolute atomic E-state index is 0.0545. The lowest BCUT2D eigenvalue weighted by Crippen LogP contribution is -2.34. The Morgan fingerprint density at radius 3 is 2.62 bits per heavy atom. The van der Waals surface area contributed by atoms with Crippen LogP contribution in [0, 0.1) is 0 Å². The van der Waals surface area contributed by atoms with E-state index in [1.165, 1.54) is 0 Å². The first-order valence-electron chi connectivity index (χ1n) is 5.20. The van der Waals surface area contributed by atoms with Crippen molar-refractivity contribution in [1.29, 1.82) is 0 Å². The van der Waals surface area contributed by atoms with E-state index < -0.39 is 0 Å². The van der Waals surface area contributed by atoms with Gasteiger partial charge in [0.15, 0.2) is 0 Å². The van der Waals surface area contributed by atoms with Gasteiger partial charge in [-0.2, -0.15) is 0 Å². The average Bonchev–Trinajstić information content (AvgIpc) is 2.25. The number of rotatable bonds is 4. The number of amides is 1. The number of carbonyl (C=O) groups is 1. The van der Waals surface area contributed by atoms with Gasteiger partial charge in [-0.15, -0.1) is 0 Å². The van der Waals surface area contributed by atoms with Gasteiger partial charge in [0.05, 0.1) is 6.54 Å². The normalized spacial score (nSPS) is 12.2. The summed E-state index contributed by atoms with van der Waals surface area (Å²) < 4.78 is 0. The van der Waals surface area contributed by atoms with E-state index in [0.29, 0.717) is 6.54 Å². The van der Waals surface area contributed by atoms with Crippen LogP contribution >= 0.6 is 11.6 Å². The van der Waals surface area contributed by atoms with Gasteiger partial charge in [-0.3, -0.25) is 4.79 Å². The lowest BCUT2D eigenvalue weighted by Gasteiger charge is -2.17. The monoisotopic (exact) mass is 240 g/mol. The van der Waals surface area contributed by atoms with Crippen LogP contribution in [0.3, 0.4) is 0 Å². The molecule has 0 fully saturated rings. The van der Waals surface area contributed by atoms with Gasteiger partial charge < -0.3 is 10.2 Å². The molecule has 0 saturated carbocycles. The zero-order valence-electron chi connectivity index (χ0n) is 9.83. The molecule has 0 radical (unpaired) electrons. The van der Waals surface area contributed by atoms with Gasteiger partial charge in [0.25, 0.3) is 0 Å². The van der Waals surface area contributed by atoms with Crippen molar-refractivity contribution in [2.45, 2.75) is 13.0 Å². The van der Waals surface area contributed by atoms with Gasteiger partial charge in [0, 0.05) is 25.2 Å². The van der Waals surface area contributed by atoms with Crippen LogP contribution in [0.2, 0.25) is 5.02 Å². The number of nitrogens with zero attached hydrogens (tertiary/aromatic N) is 1. The number of nitrogens with one attached hydrogen (secondary N) is 1. The fourth-order valence-corrected chi connectivity index (χ4v) is 1.63. The first-order chi connectivity index (χ1) is 7.52. The Kier molecular flexibility index (Phi) is 4.77. The van der Waals surface area contributed by atoms with Gasteiger partial charge in [-0.05, 0) is 18.6 Å². The molecule has 0 spiro atoms. The van der Waals surface area contributed by atoms with E-state index in [9.17, 15) is 4.79 Å². The summed E-state index contributed by atoms with van der Waals surface area (Å²) in [5, 5.41) is 3.87. The molecule has 88 valence electrons. The standard InChI is InChI=1S/C12H17ClN2O/c1-9(14-8-12(16)15(2)3)10-6-4-5-7-11(10)13/h4-7,9,14H,8H2,1-3H3/t9-/m1/s1. The van der Waals surface area contributed by atoms with Crippen LogP contribution in [0.5, 0.6) is 0 Å². The van der Waals surface area contributed by atoms with E-state index in [0.717, 1.165) is 10.6 Å². The van der Waals surface area contributed by atoms with E-state index in [-0.39, 0.29) is 11.9 Å². The molecule has 1 aromatic carbocycles. The lowest BCUT2D eigenvalue weighted by atomic mass is 10.1. The van der Waals surface area contributed by atoms with Crippen LogP contribution in [-0.4, -0.2) is 31.4 Å². The van der Waals surface area contributed by atoms with Gasteiger partial charge in [0.2, 0.25) is 5.91 Å². The summed E-state index contributed by atoms with van der Waals surface area (Å²) in [5.74, 6) is 0.0545. The van der Waals surface area contributed by atoms with Crippen LogP contribution in [0.25, 0.3) is 0 Å². The largest absolute Gasteiger partial charge is 0.348 e. The fourth-order valence-electron chi connectivity index (χ4n) is 1.33. The Morgan fingerprint density at radius 2 is 2.06 bits per heavy atom.